The van der Waals surface area contributed by atoms with E-state index in [9.17, 15) is 0 Å². The summed E-state index contributed by atoms with van der Waals surface area (Å²) < 4.78 is 13.2. The van der Waals surface area contributed by atoms with Crippen molar-refractivity contribution in [3.8, 4) is 0 Å². The third-order valence-corrected chi connectivity index (χ3v) is 4.94. The topological polar surface area (TPSA) is 76.8 Å². The molecule has 0 saturated carbocycles. The van der Waals surface area contributed by atoms with E-state index in [-0.39, 0.29) is 0 Å². The van der Waals surface area contributed by atoms with Crippen LogP contribution in [0.5, 0.6) is 0 Å². The molecule has 1 fully saturated rings. The molecule has 158 valence electrons. The molecule has 2 heterocycles. The zero-order valence-corrected chi connectivity index (χ0v) is 17.7. The Morgan fingerprint density at radius 2 is 2.14 bits per heavy atom. The Kier molecular flexibility index (Phi) is 8.01. The van der Waals surface area contributed by atoms with E-state index in [2.05, 4.69) is 51.5 Å². The molecule has 1 aliphatic rings. The van der Waals surface area contributed by atoms with Crippen LogP contribution in [-0.4, -0.2) is 58.5 Å². The van der Waals surface area contributed by atoms with Crippen molar-refractivity contribution in [3.05, 3.63) is 47.5 Å². The second-order valence-electron chi connectivity index (χ2n) is 7.27. The molecule has 1 aliphatic heterocycles. The Balaban J connectivity index is 1.58. The fourth-order valence-corrected chi connectivity index (χ4v) is 3.26. The average Bonchev–Trinajstić information content (AvgIpc) is 3.15. The van der Waals surface area contributed by atoms with Crippen LogP contribution in [0.2, 0.25) is 0 Å². The Hall–Kier alpha value is -2.45. The maximum absolute atomic E-state index is 6.04. The number of benzene rings is 1. The molecule has 0 radical (unpaired) electrons. The van der Waals surface area contributed by atoms with Gasteiger partial charge in [-0.25, -0.2) is 9.98 Å². The maximum atomic E-state index is 6.04. The van der Waals surface area contributed by atoms with Gasteiger partial charge in [0.15, 0.2) is 5.96 Å². The quantitative estimate of drug-likeness (QED) is 0.540. The number of hydrogen-bond donors (Lipinski definition) is 1. The Bertz CT molecular complexity index is 785. The van der Waals surface area contributed by atoms with E-state index in [0.29, 0.717) is 25.8 Å². The fourth-order valence-electron chi connectivity index (χ4n) is 3.26. The van der Waals surface area contributed by atoms with Gasteiger partial charge in [-0.1, -0.05) is 24.3 Å². The van der Waals surface area contributed by atoms with E-state index in [4.69, 9.17) is 14.5 Å². The monoisotopic (exact) mass is 400 g/mol. The first kappa shape index (κ1) is 21.3. The summed E-state index contributed by atoms with van der Waals surface area (Å²) in [6.07, 6.45) is 3.84. The standard InChI is InChI=1S/C21H32N6O2/c1-4-22-21(26(2)14-20-24-16-25-27(20)3)23-13-17-6-5-7-18(12-17)15-29-19-8-10-28-11-9-19/h5-7,12,16,19H,4,8-11,13-15H2,1-3H3,(H,22,23). The van der Waals surface area contributed by atoms with Crippen molar-refractivity contribution in [2.75, 3.05) is 26.8 Å². The number of nitrogens with one attached hydrogen (secondary N) is 1. The van der Waals surface area contributed by atoms with Gasteiger partial charge in [-0.15, -0.1) is 0 Å². The fraction of sp³-hybridized carbons (Fsp3) is 0.571. The van der Waals surface area contributed by atoms with Crippen LogP contribution in [0.1, 0.15) is 36.7 Å². The molecule has 2 aromatic rings. The van der Waals surface area contributed by atoms with E-state index >= 15 is 0 Å². The molecular formula is C21H32N6O2. The highest BCUT2D eigenvalue weighted by atomic mass is 16.5. The van der Waals surface area contributed by atoms with Crippen LogP contribution >= 0.6 is 0 Å². The molecule has 1 N–H and O–H groups in total. The van der Waals surface area contributed by atoms with E-state index in [0.717, 1.165) is 44.4 Å². The lowest BCUT2D eigenvalue weighted by Gasteiger charge is -2.22. The number of aryl methyl sites for hydroxylation is 1. The van der Waals surface area contributed by atoms with Crippen LogP contribution in [-0.2, 0) is 36.2 Å². The van der Waals surface area contributed by atoms with E-state index in [1.165, 1.54) is 11.1 Å². The summed E-state index contributed by atoms with van der Waals surface area (Å²) in [4.78, 5) is 11.2. The largest absolute Gasteiger partial charge is 0.381 e. The first-order valence-electron chi connectivity index (χ1n) is 10.2. The lowest BCUT2D eigenvalue weighted by Crippen LogP contribution is -2.39. The molecule has 1 aromatic heterocycles. The van der Waals surface area contributed by atoms with Gasteiger partial charge in [-0.3, -0.25) is 4.68 Å². The molecule has 0 bridgehead atoms. The molecule has 0 unspecified atom stereocenters. The first-order valence-corrected chi connectivity index (χ1v) is 10.2. The predicted octanol–water partition coefficient (Wildman–Crippen LogP) is 2.11. The summed E-state index contributed by atoms with van der Waals surface area (Å²) in [6, 6.07) is 8.46. The van der Waals surface area contributed by atoms with E-state index in [1.807, 2.05) is 14.1 Å². The molecule has 0 aliphatic carbocycles. The molecule has 3 rings (SSSR count). The van der Waals surface area contributed by atoms with Gasteiger partial charge in [0, 0.05) is 33.9 Å². The van der Waals surface area contributed by atoms with Gasteiger partial charge in [-0.05, 0) is 30.9 Å². The SMILES string of the molecule is CCNC(=NCc1cccc(COC2CCOCC2)c1)N(C)Cc1ncnn1C. The van der Waals surface area contributed by atoms with Gasteiger partial charge >= 0.3 is 0 Å². The summed E-state index contributed by atoms with van der Waals surface area (Å²) >= 11 is 0. The summed E-state index contributed by atoms with van der Waals surface area (Å²) in [7, 11) is 3.91. The van der Waals surface area contributed by atoms with Crippen molar-refractivity contribution < 1.29 is 9.47 Å². The molecule has 0 amide bonds. The van der Waals surface area contributed by atoms with Crippen LogP contribution in [0.4, 0.5) is 0 Å². The molecule has 29 heavy (non-hydrogen) atoms. The van der Waals surface area contributed by atoms with E-state index in [1.54, 1.807) is 11.0 Å². The highest BCUT2D eigenvalue weighted by Crippen LogP contribution is 2.15. The molecular weight excluding hydrogens is 368 g/mol. The van der Waals surface area contributed by atoms with E-state index < -0.39 is 0 Å². The van der Waals surface area contributed by atoms with Crippen LogP contribution in [0.15, 0.2) is 35.6 Å². The van der Waals surface area contributed by atoms with Gasteiger partial charge in [0.05, 0.1) is 25.8 Å². The highest BCUT2D eigenvalue weighted by molar-refractivity contribution is 5.79. The number of rotatable bonds is 8. The van der Waals surface area contributed by atoms with Gasteiger partial charge in [0.1, 0.15) is 12.2 Å². The summed E-state index contributed by atoms with van der Waals surface area (Å²) in [5, 5.41) is 7.48. The molecule has 1 saturated heterocycles. The van der Waals surface area contributed by atoms with Crippen molar-refractivity contribution in [1.82, 2.24) is 25.0 Å². The minimum atomic E-state index is 0.306. The molecule has 1 aromatic carbocycles. The van der Waals surface area contributed by atoms with Gasteiger partial charge in [-0.2, -0.15) is 5.10 Å². The number of guanidine groups is 1. The van der Waals surface area contributed by atoms with Crippen molar-refractivity contribution in [2.24, 2.45) is 12.0 Å². The van der Waals surface area contributed by atoms with Crippen LogP contribution in [0, 0.1) is 0 Å². The summed E-state index contributed by atoms with van der Waals surface area (Å²) in [6.45, 7) is 6.36. The highest BCUT2D eigenvalue weighted by Gasteiger charge is 2.14. The smallest absolute Gasteiger partial charge is 0.194 e. The number of ether oxygens (including phenoxy) is 2. The van der Waals surface area contributed by atoms with Crippen molar-refractivity contribution in [1.29, 1.82) is 0 Å². The van der Waals surface area contributed by atoms with Crippen molar-refractivity contribution >= 4 is 5.96 Å². The summed E-state index contributed by atoms with van der Waals surface area (Å²) in [5.41, 5.74) is 2.35. The minimum Gasteiger partial charge on any atom is -0.381 e. The average molecular weight is 401 g/mol. The third-order valence-electron chi connectivity index (χ3n) is 4.94. The van der Waals surface area contributed by atoms with Crippen molar-refractivity contribution in [2.45, 2.75) is 45.6 Å². The normalized spacial score (nSPS) is 15.5. The first-order chi connectivity index (χ1) is 14.2. The Labute approximate surface area is 172 Å². The Morgan fingerprint density at radius 1 is 1.34 bits per heavy atom. The third kappa shape index (κ3) is 6.54. The van der Waals surface area contributed by atoms with Crippen LogP contribution in [0.3, 0.4) is 0 Å². The lowest BCUT2D eigenvalue weighted by molar-refractivity contribution is -0.0390. The minimum absolute atomic E-state index is 0.306. The number of hydrogen-bond acceptors (Lipinski definition) is 5. The van der Waals surface area contributed by atoms with Gasteiger partial charge in [0.2, 0.25) is 0 Å². The van der Waals surface area contributed by atoms with Gasteiger partial charge in [0.25, 0.3) is 0 Å². The zero-order chi connectivity index (χ0) is 20.5. The number of nitrogens with zero attached hydrogens (tertiary/aromatic N) is 5. The lowest BCUT2D eigenvalue weighted by atomic mass is 10.1. The van der Waals surface area contributed by atoms with Gasteiger partial charge < -0.3 is 19.7 Å². The molecule has 0 spiro atoms. The van der Waals surface area contributed by atoms with Crippen LogP contribution < -0.4 is 5.32 Å². The maximum Gasteiger partial charge on any atom is 0.194 e. The molecule has 8 heteroatoms. The number of aliphatic imine (C=N–C) groups is 1. The summed E-state index contributed by atoms with van der Waals surface area (Å²) in [5.74, 6) is 1.74. The second kappa shape index (κ2) is 10.9. The zero-order valence-electron chi connectivity index (χ0n) is 17.7. The predicted molar refractivity (Wildman–Crippen MR) is 112 cm³/mol. The molecule has 0 atom stereocenters. The second-order valence-corrected chi connectivity index (χ2v) is 7.27. The van der Waals surface area contributed by atoms with Crippen molar-refractivity contribution in [3.63, 3.8) is 0 Å². The molecule has 8 nitrogen and oxygen atoms in total. The van der Waals surface area contributed by atoms with Crippen LogP contribution in [0.25, 0.3) is 0 Å². The Morgan fingerprint density at radius 3 is 2.86 bits per heavy atom. The number of aromatic nitrogens is 3.